The lowest BCUT2D eigenvalue weighted by atomic mass is 9.42. The summed E-state index contributed by atoms with van der Waals surface area (Å²) in [5.74, 6) is -1.19. The maximum atomic E-state index is 14.1. The molecule has 1 saturated heterocycles. The largest absolute Gasteiger partial charge is 0.482 e. The van der Waals surface area contributed by atoms with Crippen LogP contribution in [0.4, 0.5) is 0 Å². The first kappa shape index (κ1) is 31.2. The summed E-state index contributed by atoms with van der Waals surface area (Å²) < 4.78 is 25.1. The van der Waals surface area contributed by atoms with Crippen LogP contribution >= 0.6 is 0 Å². The molecule has 0 N–H and O–H groups in total. The van der Waals surface area contributed by atoms with Crippen LogP contribution in [0.3, 0.4) is 0 Å². The SMILES string of the molecule is C=C[C@@]1(C)CC(=O)[C@@H]2[C@@]3(C)CCCC(C)(C)[C@@H]3[C@H](OC(=O)CCN(C)C)[C@H](OC(=O)COc3ccccc3)[C@@]2(C)O1. The molecule has 4 rings (SSSR count). The second-order valence-electron chi connectivity index (χ2n) is 13.7. The van der Waals surface area contributed by atoms with E-state index in [9.17, 15) is 14.4 Å². The van der Waals surface area contributed by atoms with Crippen molar-refractivity contribution in [3.05, 3.63) is 43.0 Å². The third kappa shape index (κ3) is 6.09. The molecule has 3 fully saturated rings. The summed E-state index contributed by atoms with van der Waals surface area (Å²) in [6.07, 6.45) is 2.80. The van der Waals surface area contributed by atoms with Gasteiger partial charge in [-0.1, -0.05) is 51.5 Å². The van der Waals surface area contributed by atoms with Crippen molar-refractivity contribution in [1.29, 1.82) is 0 Å². The van der Waals surface area contributed by atoms with Gasteiger partial charge >= 0.3 is 11.9 Å². The first-order chi connectivity index (χ1) is 19.1. The number of hydrogen-bond acceptors (Lipinski definition) is 8. The summed E-state index contributed by atoms with van der Waals surface area (Å²) in [6, 6.07) is 9.02. The summed E-state index contributed by atoms with van der Waals surface area (Å²) >= 11 is 0. The molecule has 3 aliphatic rings. The predicted molar refractivity (Wildman–Crippen MR) is 155 cm³/mol. The van der Waals surface area contributed by atoms with Crippen molar-refractivity contribution in [3.8, 4) is 5.75 Å². The number of esters is 2. The van der Waals surface area contributed by atoms with Crippen LogP contribution in [0.5, 0.6) is 5.75 Å². The fourth-order valence-electron chi connectivity index (χ4n) is 8.17. The van der Waals surface area contributed by atoms with Gasteiger partial charge in [0, 0.05) is 18.9 Å². The van der Waals surface area contributed by atoms with Crippen molar-refractivity contribution in [2.75, 3.05) is 27.2 Å². The first-order valence-corrected chi connectivity index (χ1v) is 14.7. The van der Waals surface area contributed by atoms with Gasteiger partial charge < -0.3 is 23.8 Å². The summed E-state index contributed by atoms with van der Waals surface area (Å²) in [7, 11) is 3.80. The number of benzene rings is 1. The Hall–Kier alpha value is -2.71. The molecule has 0 spiro atoms. The monoisotopic (exact) mass is 569 g/mol. The highest BCUT2D eigenvalue weighted by Crippen LogP contribution is 2.66. The Morgan fingerprint density at radius 2 is 1.73 bits per heavy atom. The number of fused-ring (bicyclic) bond motifs is 3. The lowest BCUT2D eigenvalue weighted by Crippen LogP contribution is -2.76. The standard InChI is InChI=1S/C33H47NO7/c1-9-31(4)20-23(35)27-32(5)18-13-17-30(2,3)28(32)26(39-24(36)16-19-34(7)8)29(33(27,6)41-31)40-25(37)21-38-22-14-11-10-12-15-22/h9-12,14-15,26-29H,1,13,16-21H2,2-8H3/t26-,27+,28-,29-,31-,32+,33-/m0/s1. The molecule has 0 bridgehead atoms. The van der Waals surface area contributed by atoms with E-state index in [4.69, 9.17) is 18.9 Å². The number of hydrogen-bond donors (Lipinski definition) is 0. The highest BCUT2D eigenvalue weighted by atomic mass is 16.6. The Kier molecular flexibility index (Phi) is 8.78. The normalized spacial score (nSPS) is 36.0. The zero-order valence-electron chi connectivity index (χ0n) is 25.7. The molecule has 1 aromatic rings. The van der Waals surface area contributed by atoms with Crippen molar-refractivity contribution >= 4 is 17.7 Å². The van der Waals surface area contributed by atoms with Gasteiger partial charge in [-0.2, -0.15) is 0 Å². The molecule has 2 aliphatic carbocycles. The number of carbonyl (C=O) groups excluding carboxylic acids is 3. The molecular weight excluding hydrogens is 522 g/mol. The van der Waals surface area contributed by atoms with Crippen molar-refractivity contribution in [2.24, 2.45) is 22.7 Å². The van der Waals surface area contributed by atoms with E-state index in [0.717, 1.165) is 19.3 Å². The van der Waals surface area contributed by atoms with E-state index in [2.05, 4.69) is 27.4 Å². The third-order valence-corrected chi connectivity index (χ3v) is 9.63. The molecule has 226 valence electrons. The number of ketones is 1. The van der Waals surface area contributed by atoms with Gasteiger partial charge in [0.1, 0.15) is 23.2 Å². The van der Waals surface area contributed by atoms with E-state index in [-0.39, 0.29) is 42.5 Å². The fourth-order valence-corrected chi connectivity index (χ4v) is 8.17. The number of carbonyl (C=O) groups is 3. The van der Waals surface area contributed by atoms with Crippen LogP contribution in [-0.4, -0.2) is 73.3 Å². The second kappa shape index (κ2) is 11.5. The molecule has 2 saturated carbocycles. The van der Waals surface area contributed by atoms with Crippen LogP contribution in [0.15, 0.2) is 43.0 Å². The minimum absolute atomic E-state index is 0.0605. The Bertz CT molecular complexity index is 1150. The highest BCUT2D eigenvalue weighted by Gasteiger charge is 2.73. The molecule has 0 amide bonds. The molecule has 0 radical (unpaired) electrons. The van der Waals surface area contributed by atoms with Crippen molar-refractivity contribution in [3.63, 3.8) is 0 Å². The highest BCUT2D eigenvalue weighted by molar-refractivity contribution is 5.86. The number of para-hydroxylation sites is 1. The topological polar surface area (TPSA) is 91.4 Å². The Balaban J connectivity index is 1.78. The van der Waals surface area contributed by atoms with Crippen LogP contribution < -0.4 is 4.74 Å². The summed E-state index contributed by atoms with van der Waals surface area (Å²) in [4.78, 5) is 42.8. The average molecular weight is 570 g/mol. The lowest BCUT2D eigenvalue weighted by molar-refractivity contribution is -0.309. The van der Waals surface area contributed by atoms with Crippen molar-refractivity contribution in [1.82, 2.24) is 4.90 Å². The van der Waals surface area contributed by atoms with Crippen LogP contribution in [-0.2, 0) is 28.6 Å². The second-order valence-corrected chi connectivity index (χ2v) is 13.7. The molecule has 1 aliphatic heterocycles. The van der Waals surface area contributed by atoms with Crippen molar-refractivity contribution in [2.45, 2.75) is 90.1 Å². The average Bonchev–Trinajstić information content (AvgIpc) is 2.87. The maximum absolute atomic E-state index is 14.1. The number of Topliss-reactive ketones (excluding diaryl/α,β-unsaturated/α-hetero) is 1. The predicted octanol–water partition coefficient (Wildman–Crippen LogP) is 5.00. The molecule has 1 heterocycles. The molecule has 41 heavy (non-hydrogen) atoms. The van der Waals surface area contributed by atoms with Gasteiger partial charge in [-0.05, 0) is 63.7 Å². The van der Waals surface area contributed by atoms with Gasteiger partial charge in [0.25, 0.3) is 0 Å². The number of rotatable bonds is 9. The van der Waals surface area contributed by atoms with Crippen LogP contribution in [0.2, 0.25) is 0 Å². The molecule has 8 nitrogen and oxygen atoms in total. The molecule has 0 unspecified atom stereocenters. The van der Waals surface area contributed by atoms with Gasteiger partial charge in [0.2, 0.25) is 0 Å². The number of nitrogens with zero attached hydrogens (tertiary/aromatic N) is 1. The molecule has 1 aromatic carbocycles. The minimum atomic E-state index is -1.26. The smallest absolute Gasteiger partial charge is 0.344 e. The van der Waals surface area contributed by atoms with E-state index in [1.165, 1.54) is 0 Å². The van der Waals surface area contributed by atoms with Gasteiger partial charge in [0.05, 0.1) is 17.9 Å². The number of ether oxygens (including phenoxy) is 4. The quantitative estimate of drug-likeness (QED) is 0.303. The lowest BCUT2D eigenvalue weighted by Gasteiger charge is -2.67. The van der Waals surface area contributed by atoms with Crippen molar-refractivity contribution < 1.29 is 33.3 Å². The van der Waals surface area contributed by atoms with Crippen LogP contribution in [0.1, 0.15) is 66.7 Å². The first-order valence-electron chi connectivity index (χ1n) is 14.7. The zero-order chi connectivity index (χ0) is 30.2. The Labute approximate surface area is 244 Å². The molecule has 8 heteroatoms. The minimum Gasteiger partial charge on any atom is -0.482 e. The summed E-state index contributed by atoms with van der Waals surface area (Å²) in [5, 5.41) is 0. The Morgan fingerprint density at radius 1 is 1.05 bits per heavy atom. The van der Waals surface area contributed by atoms with Crippen LogP contribution in [0, 0.1) is 22.7 Å². The van der Waals surface area contributed by atoms with E-state index in [1.54, 1.807) is 18.2 Å². The zero-order valence-corrected chi connectivity index (χ0v) is 25.7. The van der Waals surface area contributed by atoms with E-state index < -0.39 is 40.7 Å². The molecular formula is C33H47NO7. The van der Waals surface area contributed by atoms with E-state index in [0.29, 0.717) is 12.3 Å². The van der Waals surface area contributed by atoms with Crippen LogP contribution in [0.25, 0.3) is 0 Å². The Morgan fingerprint density at radius 3 is 2.37 bits per heavy atom. The molecule has 0 aromatic heterocycles. The molecule has 7 atom stereocenters. The van der Waals surface area contributed by atoms with Gasteiger partial charge in [-0.3, -0.25) is 9.59 Å². The maximum Gasteiger partial charge on any atom is 0.344 e. The fraction of sp³-hybridized carbons (Fsp3) is 0.667. The van der Waals surface area contributed by atoms with Gasteiger partial charge in [-0.15, -0.1) is 6.58 Å². The van der Waals surface area contributed by atoms with E-state index in [1.807, 2.05) is 51.0 Å². The van der Waals surface area contributed by atoms with Gasteiger partial charge in [-0.25, -0.2) is 4.79 Å². The van der Waals surface area contributed by atoms with E-state index >= 15 is 0 Å². The third-order valence-electron chi connectivity index (χ3n) is 9.63. The summed E-state index contributed by atoms with van der Waals surface area (Å²) in [6.45, 7) is 14.3. The summed E-state index contributed by atoms with van der Waals surface area (Å²) in [5.41, 5.74) is -3.04. The van der Waals surface area contributed by atoms with Gasteiger partial charge in [0.15, 0.2) is 12.7 Å².